The van der Waals surface area contributed by atoms with Gasteiger partial charge in [-0.15, -0.1) is 0 Å². The van der Waals surface area contributed by atoms with E-state index in [1.54, 1.807) is 31.2 Å². The molecular formula is C13H15N3O3. The molecule has 1 aromatic rings. The molecule has 0 atom stereocenters. The number of benzene rings is 1. The molecule has 0 saturated heterocycles. The Morgan fingerprint density at radius 3 is 2.58 bits per heavy atom. The Morgan fingerprint density at radius 1 is 1.32 bits per heavy atom. The minimum absolute atomic E-state index is 0.134. The Bertz CT molecular complexity index is 477. The van der Waals surface area contributed by atoms with Crippen LogP contribution in [0.1, 0.15) is 18.9 Å². The van der Waals surface area contributed by atoms with E-state index in [9.17, 15) is 9.59 Å². The lowest BCUT2D eigenvalue weighted by Gasteiger charge is -2.07. The summed E-state index contributed by atoms with van der Waals surface area (Å²) in [5.41, 5.74) is 1.10. The summed E-state index contributed by atoms with van der Waals surface area (Å²) in [6, 6.07) is 8.05. The molecule has 1 rings (SSSR count). The number of hydrogen-bond donors (Lipinski definition) is 2. The highest BCUT2D eigenvalue weighted by Gasteiger charge is 2.04. The van der Waals surface area contributed by atoms with Crippen molar-refractivity contribution in [2.24, 2.45) is 0 Å². The second-order valence-electron chi connectivity index (χ2n) is 3.63. The molecule has 0 fully saturated rings. The molecule has 0 bridgehead atoms. The number of ether oxygens (including phenoxy) is 1. The lowest BCUT2D eigenvalue weighted by molar-refractivity contribution is -0.142. The number of urea groups is 1. The molecule has 6 nitrogen and oxygen atoms in total. The third-order valence-electron chi connectivity index (χ3n) is 2.19. The lowest BCUT2D eigenvalue weighted by atomic mass is 10.2. The highest BCUT2D eigenvalue weighted by molar-refractivity contribution is 5.89. The monoisotopic (exact) mass is 261 g/mol. The molecule has 0 aliphatic carbocycles. The van der Waals surface area contributed by atoms with Crippen molar-refractivity contribution in [3.05, 3.63) is 29.8 Å². The quantitative estimate of drug-likeness (QED) is 0.788. The van der Waals surface area contributed by atoms with Crippen LogP contribution in [0.25, 0.3) is 0 Å². The zero-order chi connectivity index (χ0) is 14.1. The minimum Gasteiger partial charge on any atom is -0.466 e. The Labute approximate surface area is 111 Å². The normalized spacial score (nSPS) is 9.26. The highest BCUT2D eigenvalue weighted by atomic mass is 16.5. The number of anilines is 1. The van der Waals surface area contributed by atoms with E-state index in [0.29, 0.717) is 17.9 Å². The molecule has 0 saturated carbocycles. The zero-order valence-electron chi connectivity index (χ0n) is 10.6. The van der Waals surface area contributed by atoms with Gasteiger partial charge < -0.3 is 15.4 Å². The number of carbonyl (C=O) groups excluding carboxylic acids is 2. The molecule has 2 N–H and O–H groups in total. The average molecular weight is 261 g/mol. The second kappa shape index (κ2) is 7.71. The van der Waals surface area contributed by atoms with Crippen molar-refractivity contribution >= 4 is 17.7 Å². The molecule has 100 valence electrons. The first-order valence-electron chi connectivity index (χ1n) is 5.86. The lowest BCUT2D eigenvalue weighted by Crippen LogP contribution is -2.30. The molecule has 0 spiro atoms. The van der Waals surface area contributed by atoms with E-state index in [0.717, 1.165) is 0 Å². The fourth-order valence-electron chi connectivity index (χ4n) is 1.31. The molecule has 6 heteroatoms. The summed E-state index contributed by atoms with van der Waals surface area (Å²) in [4.78, 5) is 22.5. The van der Waals surface area contributed by atoms with Gasteiger partial charge in [0.25, 0.3) is 0 Å². The van der Waals surface area contributed by atoms with E-state index >= 15 is 0 Å². The van der Waals surface area contributed by atoms with E-state index < -0.39 is 6.03 Å². The molecule has 0 aliphatic heterocycles. The number of esters is 1. The zero-order valence-corrected chi connectivity index (χ0v) is 10.6. The van der Waals surface area contributed by atoms with E-state index in [1.807, 2.05) is 6.07 Å². The molecule has 19 heavy (non-hydrogen) atoms. The standard InChI is InChI=1S/C13H15N3O3/c1-2-19-12(17)7-8-15-13(18)16-11-5-3-10(9-14)4-6-11/h3-6H,2,7-8H2,1H3,(H2,15,16,18). The van der Waals surface area contributed by atoms with Gasteiger partial charge in [-0.2, -0.15) is 5.26 Å². The number of rotatable bonds is 5. The summed E-state index contributed by atoms with van der Waals surface area (Å²) in [7, 11) is 0. The largest absolute Gasteiger partial charge is 0.466 e. The van der Waals surface area contributed by atoms with Crippen LogP contribution < -0.4 is 10.6 Å². The van der Waals surface area contributed by atoms with Crippen LogP contribution in [0, 0.1) is 11.3 Å². The third kappa shape index (κ3) is 5.55. The van der Waals surface area contributed by atoms with Crippen LogP contribution >= 0.6 is 0 Å². The van der Waals surface area contributed by atoms with Crippen molar-refractivity contribution in [3.63, 3.8) is 0 Å². The molecule has 0 radical (unpaired) electrons. The summed E-state index contributed by atoms with van der Waals surface area (Å²) in [5.74, 6) is -0.346. The van der Waals surface area contributed by atoms with E-state index in [1.165, 1.54) is 0 Å². The molecule has 0 unspecified atom stereocenters. The summed E-state index contributed by atoms with van der Waals surface area (Å²) >= 11 is 0. The highest BCUT2D eigenvalue weighted by Crippen LogP contribution is 2.08. The molecule has 0 heterocycles. The van der Waals surface area contributed by atoms with Crippen LogP contribution in [0.2, 0.25) is 0 Å². The first kappa shape index (κ1) is 14.5. The van der Waals surface area contributed by atoms with Gasteiger partial charge in [0.2, 0.25) is 0 Å². The van der Waals surface area contributed by atoms with Crippen LogP contribution in [0.5, 0.6) is 0 Å². The van der Waals surface area contributed by atoms with Gasteiger partial charge in [0.1, 0.15) is 0 Å². The number of nitrogens with zero attached hydrogens (tertiary/aromatic N) is 1. The summed E-state index contributed by atoms with van der Waals surface area (Å²) in [5, 5.41) is 13.7. The van der Waals surface area contributed by atoms with Gasteiger partial charge in [-0.3, -0.25) is 4.79 Å². The van der Waals surface area contributed by atoms with Crippen LogP contribution in [0.4, 0.5) is 10.5 Å². The fourth-order valence-corrected chi connectivity index (χ4v) is 1.31. The van der Waals surface area contributed by atoms with Crippen LogP contribution in [0.3, 0.4) is 0 Å². The van der Waals surface area contributed by atoms with Crippen molar-refractivity contribution in [2.75, 3.05) is 18.5 Å². The Morgan fingerprint density at radius 2 is 2.00 bits per heavy atom. The SMILES string of the molecule is CCOC(=O)CCNC(=O)Nc1ccc(C#N)cc1. The van der Waals surface area contributed by atoms with Crippen molar-refractivity contribution in [1.82, 2.24) is 5.32 Å². The van der Waals surface area contributed by atoms with Crippen molar-refractivity contribution in [1.29, 1.82) is 5.26 Å². The molecule has 1 aromatic carbocycles. The molecule has 0 aromatic heterocycles. The van der Waals surface area contributed by atoms with Gasteiger partial charge in [-0.25, -0.2) is 4.79 Å². The minimum atomic E-state index is -0.408. The second-order valence-corrected chi connectivity index (χ2v) is 3.63. The maximum absolute atomic E-state index is 11.5. The van der Waals surface area contributed by atoms with Gasteiger partial charge in [-0.1, -0.05) is 0 Å². The Hall–Kier alpha value is -2.55. The fraction of sp³-hybridized carbons (Fsp3) is 0.308. The summed E-state index contributed by atoms with van der Waals surface area (Å²) < 4.78 is 4.73. The van der Waals surface area contributed by atoms with Gasteiger partial charge in [-0.05, 0) is 31.2 Å². The maximum Gasteiger partial charge on any atom is 0.319 e. The van der Waals surface area contributed by atoms with E-state index in [2.05, 4.69) is 10.6 Å². The first-order valence-corrected chi connectivity index (χ1v) is 5.86. The predicted molar refractivity (Wildman–Crippen MR) is 69.4 cm³/mol. The summed E-state index contributed by atoms with van der Waals surface area (Å²) in [6.07, 6.45) is 0.134. The molecule has 2 amide bonds. The maximum atomic E-state index is 11.5. The van der Waals surface area contributed by atoms with Crippen LogP contribution in [0.15, 0.2) is 24.3 Å². The topological polar surface area (TPSA) is 91.2 Å². The van der Waals surface area contributed by atoms with Crippen molar-refractivity contribution in [2.45, 2.75) is 13.3 Å². The predicted octanol–water partition coefficient (Wildman–Crippen LogP) is 1.63. The Balaban J connectivity index is 2.31. The smallest absolute Gasteiger partial charge is 0.319 e. The Kier molecular flexibility index (Phi) is 5.89. The van der Waals surface area contributed by atoms with Gasteiger partial charge in [0, 0.05) is 12.2 Å². The average Bonchev–Trinajstić information content (AvgIpc) is 2.40. The molecule has 0 aliphatic rings. The summed E-state index contributed by atoms with van der Waals surface area (Å²) in [6.45, 7) is 2.26. The first-order chi connectivity index (χ1) is 9.15. The van der Waals surface area contributed by atoms with Gasteiger partial charge in [0.05, 0.1) is 24.7 Å². The van der Waals surface area contributed by atoms with Crippen LogP contribution in [-0.2, 0) is 9.53 Å². The van der Waals surface area contributed by atoms with E-state index in [4.69, 9.17) is 10.00 Å². The number of nitrogens with one attached hydrogen (secondary N) is 2. The number of nitriles is 1. The van der Waals surface area contributed by atoms with Gasteiger partial charge >= 0.3 is 12.0 Å². The third-order valence-corrected chi connectivity index (χ3v) is 2.19. The van der Waals surface area contributed by atoms with Gasteiger partial charge in [0.15, 0.2) is 0 Å². The van der Waals surface area contributed by atoms with Crippen molar-refractivity contribution < 1.29 is 14.3 Å². The van der Waals surface area contributed by atoms with E-state index in [-0.39, 0.29) is 18.9 Å². The number of hydrogen-bond acceptors (Lipinski definition) is 4. The number of carbonyl (C=O) groups is 2. The van der Waals surface area contributed by atoms with Crippen LogP contribution in [-0.4, -0.2) is 25.2 Å². The number of amides is 2. The molecular weight excluding hydrogens is 246 g/mol. The van der Waals surface area contributed by atoms with Crippen molar-refractivity contribution in [3.8, 4) is 6.07 Å².